The number of carbonyl (C=O) groups excluding carboxylic acids is 1. The summed E-state index contributed by atoms with van der Waals surface area (Å²) in [7, 11) is 1.84. The Bertz CT molecular complexity index is 795. The molecule has 2 aliphatic heterocycles. The second kappa shape index (κ2) is 10.7. The van der Waals surface area contributed by atoms with Gasteiger partial charge in [-0.1, -0.05) is 18.9 Å². The SMILES string of the molecule is CN=C(NCC1(c2ccc3c(c2)OCCO3)CCCC1)N1CCCC(CC(N)=O)C1.I. The lowest BCUT2D eigenvalue weighted by Crippen LogP contribution is -2.50. The van der Waals surface area contributed by atoms with E-state index in [4.69, 9.17) is 15.2 Å². The van der Waals surface area contributed by atoms with Crippen molar-refractivity contribution in [3.8, 4) is 11.5 Å². The van der Waals surface area contributed by atoms with Crippen LogP contribution in [-0.2, 0) is 10.2 Å². The fourth-order valence-electron chi connectivity index (χ4n) is 5.28. The molecule has 0 aromatic heterocycles. The van der Waals surface area contributed by atoms with Gasteiger partial charge in [-0.05, 0) is 49.3 Å². The Balaban J connectivity index is 0.00000272. The molecule has 1 aliphatic carbocycles. The number of likely N-dealkylation sites (tertiary alicyclic amines) is 1. The predicted molar refractivity (Wildman–Crippen MR) is 132 cm³/mol. The number of fused-ring (bicyclic) bond motifs is 1. The van der Waals surface area contributed by atoms with Gasteiger partial charge in [0.15, 0.2) is 17.5 Å². The van der Waals surface area contributed by atoms with Crippen molar-refractivity contribution >= 4 is 35.8 Å². The van der Waals surface area contributed by atoms with Gasteiger partial charge in [0.05, 0.1) is 0 Å². The number of nitrogens with zero attached hydrogens (tertiary/aromatic N) is 2. The summed E-state index contributed by atoms with van der Waals surface area (Å²) < 4.78 is 11.5. The highest BCUT2D eigenvalue weighted by Crippen LogP contribution is 2.43. The van der Waals surface area contributed by atoms with E-state index in [1.54, 1.807) is 0 Å². The highest BCUT2D eigenvalue weighted by Gasteiger charge is 2.37. The van der Waals surface area contributed by atoms with Crippen molar-refractivity contribution < 1.29 is 14.3 Å². The second-order valence-corrected chi connectivity index (χ2v) is 8.87. The first-order valence-electron chi connectivity index (χ1n) is 11.2. The molecule has 2 heterocycles. The van der Waals surface area contributed by atoms with Gasteiger partial charge in [-0.25, -0.2) is 0 Å². The van der Waals surface area contributed by atoms with Crippen LogP contribution in [0.15, 0.2) is 23.2 Å². The molecule has 3 N–H and O–H groups in total. The van der Waals surface area contributed by atoms with Crippen LogP contribution in [0.5, 0.6) is 11.5 Å². The molecule has 7 nitrogen and oxygen atoms in total. The summed E-state index contributed by atoms with van der Waals surface area (Å²) in [6.45, 7) is 3.86. The number of primary amides is 1. The topological polar surface area (TPSA) is 89.2 Å². The van der Waals surface area contributed by atoms with Gasteiger partial charge in [0, 0.05) is 38.5 Å². The normalized spacial score (nSPS) is 22.5. The average molecular weight is 542 g/mol. The highest BCUT2D eigenvalue weighted by molar-refractivity contribution is 14.0. The largest absolute Gasteiger partial charge is 0.486 e. The number of piperidine rings is 1. The third kappa shape index (κ3) is 5.56. The summed E-state index contributed by atoms with van der Waals surface area (Å²) in [5.74, 6) is 2.73. The lowest BCUT2D eigenvalue weighted by atomic mass is 9.78. The van der Waals surface area contributed by atoms with Crippen molar-refractivity contribution in [2.75, 3.05) is 39.9 Å². The van der Waals surface area contributed by atoms with Gasteiger partial charge in [-0.2, -0.15) is 0 Å². The molecular formula is C23H35IN4O3. The molecule has 1 saturated heterocycles. The number of guanidine groups is 1. The van der Waals surface area contributed by atoms with Gasteiger partial charge < -0.3 is 25.4 Å². The number of nitrogens with two attached hydrogens (primary N) is 1. The van der Waals surface area contributed by atoms with Crippen LogP contribution in [-0.4, -0.2) is 56.7 Å². The molecule has 0 bridgehead atoms. The maximum absolute atomic E-state index is 11.4. The van der Waals surface area contributed by atoms with E-state index >= 15 is 0 Å². The monoisotopic (exact) mass is 542 g/mol. The molecule has 0 spiro atoms. The first-order chi connectivity index (χ1) is 14.6. The summed E-state index contributed by atoms with van der Waals surface area (Å²) >= 11 is 0. The number of aliphatic imine (C=N–C) groups is 1. The van der Waals surface area contributed by atoms with Crippen LogP contribution in [0.2, 0.25) is 0 Å². The van der Waals surface area contributed by atoms with Gasteiger partial charge in [0.2, 0.25) is 5.91 Å². The highest BCUT2D eigenvalue weighted by atomic mass is 127. The minimum Gasteiger partial charge on any atom is -0.486 e. The molecule has 3 aliphatic rings. The predicted octanol–water partition coefficient (Wildman–Crippen LogP) is 3.05. The van der Waals surface area contributed by atoms with E-state index < -0.39 is 0 Å². The Morgan fingerprint density at radius 3 is 2.68 bits per heavy atom. The maximum Gasteiger partial charge on any atom is 0.217 e. The van der Waals surface area contributed by atoms with E-state index in [-0.39, 0.29) is 35.3 Å². The number of ether oxygens (including phenoxy) is 2. The number of hydrogen-bond donors (Lipinski definition) is 2. The summed E-state index contributed by atoms with van der Waals surface area (Å²) in [6, 6.07) is 6.43. The maximum atomic E-state index is 11.4. The minimum atomic E-state index is -0.215. The zero-order valence-corrected chi connectivity index (χ0v) is 20.7. The Hall–Kier alpha value is -1.71. The van der Waals surface area contributed by atoms with E-state index in [1.165, 1.54) is 18.4 Å². The summed E-state index contributed by atoms with van der Waals surface area (Å²) in [5.41, 5.74) is 6.82. The average Bonchev–Trinajstić information content (AvgIpc) is 3.24. The van der Waals surface area contributed by atoms with Gasteiger partial charge in [0.1, 0.15) is 13.2 Å². The molecule has 1 amide bonds. The van der Waals surface area contributed by atoms with E-state index in [1.807, 2.05) is 7.05 Å². The standard InChI is InChI=1S/C23H34N4O3.HI/c1-25-22(27-10-4-5-17(15-27)13-21(24)28)26-16-23(8-2-3-9-23)18-6-7-19-20(14-18)30-12-11-29-19;/h6-7,14,17H,2-5,8-13,15-16H2,1H3,(H2,24,28)(H,25,26);1H. The summed E-state index contributed by atoms with van der Waals surface area (Å²) in [4.78, 5) is 18.2. The van der Waals surface area contributed by atoms with Gasteiger partial charge in [-0.3, -0.25) is 9.79 Å². The quantitative estimate of drug-likeness (QED) is 0.339. The fourth-order valence-corrected chi connectivity index (χ4v) is 5.28. The molecule has 172 valence electrons. The van der Waals surface area contributed by atoms with Crippen LogP contribution in [0.1, 0.15) is 50.5 Å². The number of nitrogens with one attached hydrogen (secondary N) is 1. The van der Waals surface area contributed by atoms with Crippen molar-refractivity contribution in [1.29, 1.82) is 0 Å². The number of hydrogen-bond acceptors (Lipinski definition) is 4. The lowest BCUT2D eigenvalue weighted by Gasteiger charge is -2.37. The van der Waals surface area contributed by atoms with Crippen molar-refractivity contribution in [3.63, 3.8) is 0 Å². The zero-order valence-electron chi connectivity index (χ0n) is 18.4. The Morgan fingerprint density at radius 1 is 1.23 bits per heavy atom. The molecule has 0 radical (unpaired) electrons. The smallest absolute Gasteiger partial charge is 0.217 e. The van der Waals surface area contributed by atoms with E-state index in [0.717, 1.165) is 62.8 Å². The molecule has 4 rings (SSSR count). The molecular weight excluding hydrogens is 507 g/mol. The number of rotatable bonds is 5. The molecule has 2 fully saturated rings. The Kier molecular flexibility index (Phi) is 8.30. The van der Waals surface area contributed by atoms with Gasteiger partial charge >= 0.3 is 0 Å². The van der Waals surface area contributed by atoms with Crippen molar-refractivity contribution in [2.24, 2.45) is 16.6 Å². The first kappa shape index (κ1) is 23.9. The van der Waals surface area contributed by atoms with Crippen molar-refractivity contribution in [2.45, 2.75) is 50.4 Å². The van der Waals surface area contributed by atoms with Crippen molar-refractivity contribution in [1.82, 2.24) is 10.2 Å². The van der Waals surface area contributed by atoms with Crippen LogP contribution in [0.3, 0.4) is 0 Å². The zero-order chi connectivity index (χ0) is 21.0. The summed E-state index contributed by atoms with van der Waals surface area (Å²) in [5, 5.41) is 3.66. The molecule has 1 unspecified atom stereocenters. The fraction of sp³-hybridized carbons (Fsp3) is 0.652. The first-order valence-corrected chi connectivity index (χ1v) is 11.2. The molecule has 8 heteroatoms. The number of benzene rings is 1. The van der Waals surface area contributed by atoms with Crippen LogP contribution in [0.25, 0.3) is 0 Å². The van der Waals surface area contributed by atoms with E-state index in [2.05, 4.69) is 33.4 Å². The summed E-state index contributed by atoms with van der Waals surface area (Å²) in [6.07, 6.45) is 7.35. The second-order valence-electron chi connectivity index (χ2n) is 8.87. The van der Waals surface area contributed by atoms with Crippen LogP contribution in [0.4, 0.5) is 0 Å². The lowest BCUT2D eigenvalue weighted by molar-refractivity contribution is -0.119. The van der Waals surface area contributed by atoms with Crippen LogP contribution < -0.4 is 20.5 Å². The van der Waals surface area contributed by atoms with Crippen LogP contribution >= 0.6 is 24.0 Å². The third-order valence-electron chi connectivity index (χ3n) is 6.82. The molecule has 1 aromatic carbocycles. The Labute approximate surface area is 202 Å². The molecule has 1 saturated carbocycles. The van der Waals surface area contributed by atoms with Crippen LogP contribution in [0, 0.1) is 5.92 Å². The number of halogens is 1. The number of carbonyl (C=O) groups is 1. The Morgan fingerprint density at radius 2 is 1.97 bits per heavy atom. The van der Waals surface area contributed by atoms with E-state index in [9.17, 15) is 4.79 Å². The molecule has 1 aromatic rings. The van der Waals surface area contributed by atoms with Gasteiger partial charge in [0.25, 0.3) is 0 Å². The number of amides is 1. The van der Waals surface area contributed by atoms with E-state index in [0.29, 0.717) is 25.6 Å². The molecule has 1 atom stereocenters. The minimum absolute atomic E-state index is 0. The molecule has 31 heavy (non-hydrogen) atoms. The third-order valence-corrected chi connectivity index (χ3v) is 6.82. The van der Waals surface area contributed by atoms with Crippen molar-refractivity contribution in [3.05, 3.63) is 23.8 Å². The van der Waals surface area contributed by atoms with Gasteiger partial charge in [-0.15, -0.1) is 24.0 Å².